The number of carbonyl (C=O) groups is 1. The summed E-state index contributed by atoms with van der Waals surface area (Å²) in [6.45, 7) is 2.65. The summed E-state index contributed by atoms with van der Waals surface area (Å²) in [7, 11) is 0. The van der Waals surface area contributed by atoms with Gasteiger partial charge >= 0.3 is 0 Å². The topological polar surface area (TPSA) is 84.3 Å². The van der Waals surface area contributed by atoms with Crippen molar-refractivity contribution in [3.05, 3.63) is 83.2 Å². The average molecular weight is 432 g/mol. The van der Waals surface area contributed by atoms with Crippen LogP contribution in [0.1, 0.15) is 34.1 Å². The SMILES string of the molecule is C[C@@]1(O)COCc2ccc(C(=O)NCc3cc4nc(-c5ccccc5)sc4cn3)cc21. The van der Waals surface area contributed by atoms with E-state index in [1.54, 1.807) is 36.6 Å². The van der Waals surface area contributed by atoms with Gasteiger partial charge in [-0.15, -0.1) is 11.3 Å². The number of nitrogens with one attached hydrogen (secondary N) is 1. The Labute approximate surface area is 183 Å². The van der Waals surface area contributed by atoms with Gasteiger partial charge in [-0.2, -0.15) is 0 Å². The predicted molar refractivity (Wildman–Crippen MR) is 120 cm³/mol. The zero-order valence-corrected chi connectivity index (χ0v) is 17.8. The van der Waals surface area contributed by atoms with Crippen LogP contribution in [-0.2, 0) is 23.5 Å². The first-order valence-corrected chi connectivity index (χ1v) is 10.8. The number of benzene rings is 2. The average Bonchev–Trinajstić information content (AvgIpc) is 3.21. The van der Waals surface area contributed by atoms with Crippen molar-refractivity contribution in [3.8, 4) is 10.6 Å². The van der Waals surface area contributed by atoms with Gasteiger partial charge in [-0.1, -0.05) is 36.4 Å². The van der Waals surface area contributed by atoms with Crippen LogP contribution in [-0.4, -0.2) is 27.6 Å². The molecule has 1 aliphatic heterocycles. The van der Waals surface area contributed by atoms with E-state index >= 15 is 0 Å². The van der Waals surface area contributed by atoms with Gasteiger partial charge in [-0.25, -0.2) is 4.98 Å². The van der Waals surface area contributed by atoms with Crippen LogP contribution in [0.5, 0.6) is 0 Å². The maximum absolute atomic E-state index is 12.7. The van der Waals surface area contributed by atoms with E-state index in [1.165, 1.54) is 0 Å². The number of aromatic nitrogens is 2. The summed E-state index contributed by atoms with van der Waals surface area (Å²) in [5.41, 5.74) is 3.73. The summed E-state index contributed by atoms with van der Waals surface area (Å²) in [6.07, 6.45) is 1.80. The van der Waals surface area contributed by atoms with Gasteiger partial charge in [0, 0.05) is 17.3 Å². The Balaban J connectivity index is 1.32. The van der Waals surface area contributed by atoms with Gasteiger partial charge in [0.1, 0.15) is 10.6 Å². The van der Waals surface area contributed by atoms with Crippen LogP contribution in [0.4, 0.5) is 0 Å². The quantitative estimate of drug-likeness (QED) is 0.510. The Morgan fingerprint density at radius 2 is 2.06 bits per heavy atom. The van der Waals surface area contributed by atoms with Crippen LogP contribution in [0.3, 0.4) is 0 Å². The van der Waals surface area contributed by atoms with E-state index in [0.717, 1.165) is 37.6 Å². The molecule has 1 amide bonds. The van der Waals surface area contributed by atoms with Crippen LogP contribution in [0.2, 0.25) is 0 Å². The van der Waals surface area contributed by atoms with E-state index in [2.05, 4.69) is 10.3 Å². The van der Waals surface area contributed by atoms with Crippen molar-refractivity contribution >= 4 is 27.5 Å². The molecule has 0 aliphatic carbocycles. The molecule has 156 valence electrons. The largest absolute Gasteiger partial charge is 0.383 e. The van der Waals surface area contributed by atoms with Crippen LogP contribution >= 0.6 is 11.3 Å². The van der Waals surface area contributed by atoms with E-state index in [-0.39, 0.29) is 12.5 Å². The highest BCUT2D eigenvalue weighted by molar-refractivity contribution is 7.21. The minimum Gasteiger partial charge on any atom is -0.383 e. The lowest BCUT2D eigenvalue weighted by Gasteiger charge is -2.31. The summed E-state index contributed by atoms with van der Waals surface area (Å²) >= 11 is 1.60. The van der Waals surface area contributed by atoms with Crippen molar-refractivity contribution in [2.45, 2.75) is 25.7 Å². The van der Waals surface area contributed by atoms with Gasteiger partial charge in [0.05, 0.1) is 35.7 Å². The van der Waals surface area contributed by atoms with Gasteiger partial charge in [-0.3, -0.25) is 9.78 Å². The summed E-state index contributed by atoms with van der Waals surface area (Å²) in [6, 6.07) is 17.3. The van der Waals surface area contributed by atoms with E-state index in [0.29, 0.717) is 18.7 Å². The zero-order valence-electron chi connectivity index (χ0n) is 17.0. The Hall–Kier alpha value is -3.13. The second kappa shape index (κ2) is 7.85. The van der Waals surface area contributed by atoms with Gasteiger partial charge < -0.3 is 15.2 Å². The van der Waals surface area contributed by atoms with Gasteiger partial charge in [0.2, 0.25) is 0 Å². The van der Waals surface area contributed by atoms with E-state index in [1.807, 2.05) is 42.5 Å². The maximum Gasteiger partial charge on any atom is 0.251 e. The second-order valence-electron chi connectivity index (χ2n) is 7.85. The molecule has 2 aromatic carbocycles. The molecule has 2 N–H and O–H groups in total. The van der Waals surface area contributed by atoms with Gasteiger partial charge in [0.15, 0.2) is 0 Å². The molecular formula is C24H21N3O3S. The fraction of sp³-hybridized carbons (Fsp3) is 0.208. The minimum atomic E-state index is -1.10. The van der Waals surface area contributed by atoms with Crippen molar-refractivity contribution in [2.24, 2.45) is 0 Å². The summed E-state index contributed by atoms with van der Waals surface area (Å²) in [4.78, 5) is 21.9. The molecule has 6 nitrogen and oxygen atoms in total. The lowest BCUT2D eigenvalue weighted by atomic mass is 9.89. The normalized spacial score (nSPS) is 18.0. The molecule has 0 fully saturated rings. The molecule has 0 unspecified atom stereocenters. The Kier molecular flexibility index (Phi) is 5.02. The number of fused-ring (bicyclic) bond motifs is 2. The van der Waals surface area contributed by atoms with Crippen LogP contribution < -0.4 is 5.32 Å². The first-order chi connectivity index (χ1) is 15.0. The lowest BCUT2D eigenvalue weighted by Crippen LogP contribution is -2.34. The molecule has 4 aromatic rings. The number of thiazole rings is 1. The number of nitrogens with zero attached hydrogens (tertiary/aromatic N) is 2. The number of amides is 1. The standard InChI is InChI=1S/C24H21N3O3S/c1-24(29)14-30-13-17-8-7-16(9-19(17)24)22(28)26-11-18-10-20-21(12-25-18)31-23(27-20)15-5-3-2-4-6-15/h2-10,12,29H,11,13-14H2,1H3,(H,26,28)/t24-/m1/s1. The molecule has 3 heterocycles. The summed E-state index contributed by atoms with van der Waals surface area (Å²) in [5.74, 6) is -0.213. The second-order valence-corrected chi connectivity index (χ2v) is 8.88. The molecule has 0 saturated heterocycles. The van der Waals surface area contributed by atoms with Gasteiger partial charge in [-0.05, 0) is 36.2 Å². The highest BCUT2D eigenvalue weighted by Crippen LogP contribution is 2.31. The third kappa shape index (κ3) is 3.95. The third-order valence-corrected chi connectivity index (χ3v) is 6.43. The predicted octanol–water partition coefficient (Wildman–Crippen LogP) is 4.03. The van der Waals surface area contributed by atoms with Crippen LogP contribution in [0.25, 0.3) is 20.8 Å². The van der Waals surface area contributed by atoms with E-state index < -0.39 is 5.60 Å². The highest BCUT2D eigenvalue weighted by atomic mass is 32.1. The molecule has 2 aromatic heterocycles. The molecule has 1 aliphatic rings. The van der Waals surface area contributed by atoms with Crippen LogP contribution in [0.15, 0.2) is 60.8 Å². The number of hydrogen-bond acceptors (Lipinski definition) is 6. The number of pyridine rings is 1. The van der Waals surface area contributed by atoms with E-state index in [9.17, 15) is 9.90 Å². The molecule has 7 heteroatoms. The van der Waals surface area contributed by atoms with Crippen molar-refractivity contribution in [2.75, 3.05) is 6.61 Å². The zero-order chi connectivity index (χ0) is 21.4. The molecule has 31 heavy (non-hydrogen) atoms. The number of carbonyl (C=O) groups excluding carboxylic acids is 1. The summed E-state index contributed by atoms with van der Waals surface area (Å²) in [5, 5.41) is 14.4. The third-order valence-electron chi connectivity index (χ3n) is 5.38. The van der Waals surface area contributed by atoms with Crippen molar-refractivity contribution < 1.29 is 14.6 Å². The first-order valence-electron chi connectivity index (χ1n) is 10.0. The van der Waals surface area contributed by atoms with Crippen molar-refractivity contribution in [3.63, 3.8) is 0 Å². The van der Waals surface area contributed by atoms with Crippen LogP contribution in [0, 0.1) is 0 Å². The number of ether oxygens (including phenoxy) is 1. The lowest BCUT2D eigenvalue weighted by molar-refractivity contribution is -0.0603. The highest BCUT2D eigenvalue weighted by Gasteiger charge is 2.31. The number of rotatable bonds is 4. The number of aliphatic hydroxyl groups is 1. The summed E-state index contributed by atoms with van der Waals surface area (Å²) < 4.78 is 6.43. The first kappa shape index (κ1) is 19.8. The Morgan fingerprint density at radius 1 is 1.23 bits per heavy atom. The van der Waals surface area contributed by atoms with Gasteiger partial charge in [0.25, 0.3) is 5.91 Å². The number of hydrogen-bond donors (Lipinski definition) is 2. The Bertz CT molecular complexity index is 1270. The molecule has 1 atom stereocenters. The molecule has 0 radical (unpaired) electrons. The monoisotopic (exact) mass is 431 g/mol. The fourth-order valence-corrected chi connectivity index (χ4v) is 4.65. The molecular weight excluding hydrogens is 410 g/mol. The fourth-order valence-electron chi connectivity index (χ4n) is 3.73. The maximum atomic E-state index is 12.7. The molecule has 5 rings (SSSR count). The molecule has 0 saturated carbocycles. The molecule has 0 spiro atoms. The molecule has 0 bridgehead atoms. The minimum absolute atomic E-state index is 0.213. The van der Waals surface area contributed by atoms with E-state index in [4.69, 9.17) is 9.72 Å². The smallest absolute Gasteiger partial charge is 0.251 e. The van der Waals surface area contributed by atoms with Crippen molar-refractivity contribution in [1.82, 2.24) is 15.3 Å². The Morgan fingerprint density at radius 3 is 2.90 bits per heavy atom. The van der Waals surface area contributed by atoms with Crippen molar-refractivity contribution in [1.29, 1.82) is 0 Å².